The average Bonchev–Trinajstić information content (AvgIpc) is 3.32. The largest absolute Gasteiger partial charge is 0.320 e. The van der Waals surface area contributed by atoms with Crippen LogP contribution < -0.4 is 9.80 Å². The Morgan fingerprint density at radius 2 is 1.27 bits per heavy atom. The lowest BCUT2D eigenvalue weighted by Crippen LogP contribution is -2.27. The molecule has 3 aliphatic rings. The fraction of sp³-hybridized carbons (Fsp3) is 0.100. The van der Waals surface area contributed by atoms with Crippen LogP contribution in [-0.4, -0.2) is 0 Å². The van der Waals surface area contributed by atoms with Crippen molar-refractivity contribution in [3.05, 3.63) is 248 Å². The van der Waals surface area contributed by atoms with E-state index in [0.29, 0.717) is 5.92 Å². The van der Waals surface area contributed by atoms with E-state index >= 15 is 0 Å². The zero-order valence-corrected chi connectivity index (χ0v) is 35.5. The molecule has 62 heavy (non-hydrogen) atoms. The molecule has 2 heteroatoms. The maximum atomic E-state index is 3.91. The van der Waals surface area contributed by atoms with Crippen LogP contribution in [0.25, 0.3) is 49.0 Å². The summed E-state index contributed by atoms with van der Waals surface area (Å²) in [5, 5.41) is 7.44. The third kappa shape index (κ3) is 7.28. The van der Waals surface area contributed by atoms with Crippen molar-refractivity contribution in [2.24, 2.45) is 11.8 Å². The maximum absolute atomic E-state index is 3.91. The van der Waals surface area contributed by atoms with Crippen LogP contribution in [0, 0.1) is 18.8 Å². The van der Waals surface area contributed by atoms with Crippen molar-refractivity contribution in [3.63, 3.8) is 0 Å². The quantitative estimate of drug-likeness (QED) is 0.100. The maximum Gasteiger partial charge on any atom is 0.0540 e. The van der Waals surface area contributed by atoms with Crippen LogP contribution in [-0.2, 0) is 0 Å². The van der Waals surface area contributed by atoms with Crippen LogP contribution in [0.1, 0.15) is 30.9 Å². The Labute approximate surface area is 366 Å². The first kappa shape index (κ1) is 38.8. The van der Waals surface area contributed by atoms with Crippen LogP contribution in [0.3, 0.4) is 0 Å². The number of rotatable bonds is 10. The van der Waals surface area contributed by atoms with Gasteiger partial charge in [-0.05, 0) is 131 Å². The highest BCUT2D eigenvalue weighted by molar-refractivity contribution is 6.20. The summed E-state index contributed by atoms with van der Waals surface area (Å²) in [5.74, 6) is 0.541. The van der Waals surface area contributed by atoms with Gasteiger partial charge in [0.1, 0.15) is 0 Å². The van der Waals surface area contributed by atoms with Crippen LogP contribution in [0.2, 0.25) is 0 Å². The number of allylic oxidation sites excluding steroid dienone is 15. The number of benzene rings is 7. The van der Waals surface area contributed by atoms with E-state index in [9.17, 15) is 0 Å². The second-order valence-electron chi connectivity index (χ2n) is 16.6. The Hall–Kier alpha value is -7.42. The molecule has 3 aliphatic carbocycles. The van der Waals surface area contributed by atoms with E-state index in [1.807, 2.05) is 12.2 Å². The SMILES string of the molecule is C=CC=CC=CN(C1=CC=CC2C=CC=CC12)c1ccc2c(C3=CC=C(C)CC3)c3cc(N(c4ccccc4)c4cccc5ccccc45)ccc3c(-c3ccc(C)cc3)c2c1. The van der Waals surface area contributed by atoms with Gasteiger partial charge in [0.15, 0.2) is 0 Å². The van der Waals surface area contributed by atoms with Gasteiger partial charge in [0.05, 0.1) is 5.69 Å². The summed E-state index contributed by atoms with van der Waals surface area (Å²) in [6, 6.07) is 49.6. The lowest BCUT2D eigenvalue weighted by Gasteiger charge is -2.34. The second kappa shape index (κ2) is 16.9. The number of anilines is 4. The predicted octanol–water partition coefficient (Wildman–Crippen LogP) is 16.6. The Balaban J connectivity index is 1.27. The lowest BCUT2D eigenvalue weighted by atomic mass is 9.81. The highest BCUT2D eigenvalue weighted by Gasteiger charge is 2.28. The van der Waals surface area contributed by atoms with Gasteiger partial charge in [-0.15, -0.1) is 0 Å². The summed E-state index contributed by atoms with van der Waals surface area (Å²) in [7, 11) is 0. The van der Waals surface area contributed by atoms with E-state index in [1.165, 1.54) is 71.4 Å². The summed E-state index contributed by atoms with van der Waals surface area (Å²) in [6.07, 6.45) is 32.7. The summed E-state index contributed by atoms with van der Waals surface area (Å²) < 4.78 is 0. The van der Waals surface area contributed by atoms with Crippen LogP contribution >= 0.6 is 0 Å². The molecule has 0 aromatic heterocycles. The molecule has 0 spiro atoms. The third-order valence-corrected chi connectivity index (χ3v) is 12.7. The van der Waals surface area contributed by atoms with Gasteiger partial charge in [0.2, 0.25) is 0 Å². The van der Waals surface area contributed by atoms with Crippen molar-refractivity contribution in [1.82, 2.24) is 0 Å². The van der Waals surface area contributed by atoms with Gasteiger partial charge < -0.3 is 9.80 Å². The molecule has 0 saturated carbocycles. The molecule has 300 valence electrons. The smallest absolute Gasteiger partial charge is 0.0540 e. The fourth-order valence-corrected chi connectivity index (χ4v) is 9.57. The number of fused-ring (bicyclic) bond motifs is 4. The molecule has 0 heterocycles. The van der Waals surface area contributed by atoms with E-state index in [4.69, 9.17) is 0 Å². The van der Waals surface area contributed by atoms with Crippen molar-refractivity contribution in [2.75, 3.05) is 9.80 Å². The Morgan fingerprint density at radius 1 is 0.548 bits per heavy atom. The molecule has 7 aromatic rings. The minimum atomic E-state index is 0.229. The molecule has 2 unspecified atom stereocenters. The van der Waals surface area contributed by atoms with Crippen molar-refractivity contribution in [3.8, 4) is 11.1 Å². The van der Waals surface area contributed by atoms with Gasteiger partial charge in [-0.25, -0.2) is 0 Å². The molecule has 0 amide bonds. The van der Waals surface area contributed by atoms with Crippen LogP contribution in [0.5, 0.6) is 0 Å². The first-order chi connectivity index (χ1) is 30.6. The average molecular weight is 799 g/mol. The van der Waals surface area contributed by atoms with Crippen molar-refractivity contribution >= 4 is 60.6 Å². The Bertz CT molecular complexity index is 3100. The summed E-state index contributed by atoms with van der Waals surface area (Å²) in [6.45, 7) is 8.33. The van der Waals surface area contributed by atoms with E-state index in [-0.39, 0.29) is 5.92 Å². The Morgan fingerprint density at radius 3 is 2.10 bits per heavy atom. The number of hydrogen-bond donors (Lipinski definition) is 0. The lowest BCUT2D eigenvalue weighted by molar-refractivity contribution is 0.611. The molecule has 0 bridgehead atoms. The fourth-order valence-electron chi connectivity index (χ4n) is 9.57. The summed E-state index contributed by atoms with van der Waals surface area (Å²) >= 11 is 0. The van der Waals surface area contributed by atoms with Gasteiger partial charge >= 0.3 is 0 Å². The minimum absolute atomic E-state index is 0.229. The van der Waals surface area contributed by atoms with Gasteiger partial charge in [-0.2, -0.15) is 0 Å². The molecule has 10 rings (SSSR count). The number of para-hydroxylation sites is 1. The minimum Gasteiger partial charge on any atom is -0.320 e. The predicted molar refractivity (Wildman–Crippen MR) is 268 cm³/mol. The first-order valence-corrected chi connectivity index (χ1v) is 21.8. The van der Waals surface area contributed by atoms with Crippen molar-refractivity contribution < 1.29 is 0 Å². The molecule has 2 atom stereocenters. The third-order valence-electron chi connectivity index (χ3n) is 12.7. The second-order valence-corrected chi connectivity index (χ2v) is 16.6. The van der Waals surface area contributed by atoms with Crippen LogP contribution in [0.15, 0.2) is 236 Å². The molecule has 0 saturated heterocycles. The molecule has 0 aliphatic heterocycles. The van der Waals surface area contributed by atoms with Gasteiger partial charge in [0, 0.05) is 46.2 Å². The molecule has 0 fully saturated rings. The van der Waals surface area contributed by atoms with E-state index in [2.05, 4.69) is 237 Å². The van der Waals surface area contributed by atoms with E-state index in [1.54, 1.807) is 0 Å². The highest BCUT2D eigenvalue weighted by Crippen LogP contribution is 2.48. The van der Waals surface area contributed by atoms with E-state index in [0.717, 1.165) is 35.6 Å². The molecule has 2 nitrogen and oxygen atoms in total. The number of nitrogens with zero attached hydrogens (tertiary/aromatic N) is 2. The number of hydrogen-bond acceptors (Lipinski definition) is 2. The molecule has 0 N–H and O–H groups in total. The summed E-state index contributed by atoms with van der Waals surface area (Å²) in [5.41, 5.74) is 13.6. The zero-order chi connectivity index (χ0) is 42.0. The van der Waals surface area contributed by atoms with Gasteiger partial charge in [-0.1, -0.05) is 176 Å². The molecule has 7 aromatic carbocycles. The standard InChI is InChI=1S/C60H50N2/c1-4-5-6-14-39-61(57-25-15-19-44-17-10-12-23-51(44)57)49-35-37-53-55(40-49)59(46-31-27-42(2)28-32-46)54-38-36-50(41-56(54)60(53)47-33-29-43(3)30-34-47)62(48-21-8-7-9-22-48)58-26-16-20-45-18-11-13-24-52(45)58/h4-29,31-33,35-41,44,51H,1,30,34H2,2-3H3. The Kier molecular flexibility index (Phi) is 10.6. The van der Waals surface area contributed by atoms with Crippen molar-refractivity contribution in [1.29, 1.82) is 0 Å². The van der Waals surface area contributed by atoms with Crippen LogP contribution in [0.4, 0.5) is 22.7 Å². The monoisotopic (exact) mass is 798 g/mol. The molecular weight excluding hydrogens is 749 g/mol. The van der Waals surface area contributed by atoms with Gasteiger partial charge in [0.25, 0.3) is 0 Å². The topological polar surface area (TPSA) is 6.48 Å². The zero-order valence-electron chi connectivity index (χ0n) is 35.5. The molecule has 0 radical (unpaired) electrons. The highest BCUT2D eigenvalue weighted by atomic mass is 15.1. The number of aryl methyl sites for hydroxylation is 1. The summed E-state index contributed by atoms with van der Waals surface area (Å²) in [4.78, 5) is 4.82. The van der Waals surface area contributed by atoms with Crippen molar-refractivity contribution in [2.45, 2.75) is 26.7 Å². The molecular formula is C60H50N2. The first-order valence-electron chi connectivity index (χ1n) is 21.8. The normalized spacial score (nSPS) is 17.1. The van der Waals surface area contributed by atoms with E-state index < -0.39 is 0 Å². The van der Waals surface area contributed by atoms with Gasteiger partial charge in [-0.3, -0.25) is 0 Å².